The number of carbonyl (C=O) groups is 2. The largest absolute Gasteiger partial charge is 0.462 e. The number of ether oxygens (including phenoxy) is 1. The summed E-state index contributed by atoms with van der Waals surface area (Å²) in [4.78, 5) is 25.6. The smallest absolute Gasteiger partial charge is 0.338 e. The third-order valence-electron chi connectivity index (χ3n) is 4.38. The summed E-state index contributed by atoms with van der Waals surface area (Å²) in [6.07, 6.45) is 1.52. The van der Waals surface area contributed by atoms with Gasteiger partial charge >= 0.3 is 5.97 Å². The molecular formula is C21H23N3O3S. The van der Waals surface area contributed by atoms with E-state index in [2.05, 4.69) is 10.6 Å². The molecule has 2 aromatic carbocycles. The zero-order valence-corrected chi connectivity index (χ0v) is 16.6. The van der Waals surface area contributed by atoms with Gasteiger partial charge in [-0.25, -0.2) is 4.79 Å². The van der Waals surface area contributed by atoms with E-state index in [0.29, 0.717) is 35.9 Å². The maximum atomic E-state index is 11.9. The molecule has 6 nitrogen and oxygen atoms in total. The van der Waals surface area contributed by atoms with E-state index in [1.54, 1.807) is 25.1 Å². The standard InChI is InChI=1S/C21H23N3O3S/c1-2-27-20(26)16-7-4-8-17(13-16)23-21(28)22-14-15-6-3-9-18(12-15)24-11-5-10-19(24)25/h3-4,6-9,12-13H,2,5,10-11,14H2,1H3,(H2,22,23,28). The Balaban J connectivity index is 1.57. The van der Waals surface area contributed by atoms with Crippen LogP contribution in [0.2, 0.25) is 0 Å². The Hall–Kier alpha value is -2.93. The van der Waals surface area contributed by atoms with Gasteiger partial charge < -0.3 is 20.3 Å². The number of thiocarbonyl (C=S) groups is 1. The summed E-state index contributed by atoms with van der Waals surface area (Å²) in [5.74, 6) is -0.193. The van der Waals surface area contributed by atoms with Gasteiger partial charge in [-0.05, 0) is 61.5 Å². The highest BCUT2D eigenvalue weighted by atomic mass is 32.1. The van der Waals surface area contributed by atoms with E-state index in [1.807, 2.05) is 35.2 Å². The van der Waals surface area contributed by atoms with Crippen molar-refractivity contribution in [1.82, 2.24) is 5.32 Å². The lowest BCUT2D eigenvalue weighted by Gasteiger charge is -2.17. The minimum absolute atomic E-state index is 0.170. The van der Waals surface area contributed by atoms with Crippen molar-refractivity contribution in [2.24, 2.45) is 0 Å². The van der Waals surface area contributed by atoms with Gasteiger partial charge in [0.25, 0.3) is 0 Å². The Morgan fingerprint density at radius 3 is 2.79 bits per heavy atom. The first-order chi connectivity index (χ1) is 13.6. The fraction of sp³-hybridized carbons (Fsp3) is 0.286. The van der Waals surface area contributed by atoms with E-state index in [1.165, 1.54) is 0 Å². The fourth-order valence-corrected chi connectivity index (χ4v) is 3.24. The fourth-order valence-electron chi connectivity index (χ4n) is 3.05. The van der Waals surface area contributed by atoms with Gasteiger partial charge in [-0.15, -0.1) is 0 Å². The Bertz CT molecular complexity index is 885. The molecule has 0 spiro atoms. The zero-order valence-electron chi connectivity index (χ0n) is 15.7. The molecule has 1 aliphatic rings. The van der Waals surface area contributed by atoms with Gasteiger partial charge in [-0.3, -0.25) is 4.79 Å². The molecule has 7 heteroatoms. The summed E-state index contributed by atoms with van der Waals surface area (Å²) in [5, 5.41) is 6.67. The average molecular weight is 398 g/mol. The summed E-state index contributed by atoms with van der Waals surface area (Å²) in [5.41, 5.74) is 3.13. The van der Waals surface area contributed by atoms with E-state index in [9.17, 15) is 9.59 Å². The van der Waals surface area contributed by atoms with Gasteiger partial charge in [-0.1, -0.05) is 18.2 Å². The number of hydrogen-bond donors (Lipinski definition) is 2. The third-order valence-corrected chi connectivity index (χ3v) is 4.63. The van der Waals surface area contributed by atoms with Crippen molar-refractivity contribution in [2.75, 3.05) is 23.4 Å². The SMILES string of the molecule is CCOC(=O)c1cccc(NC(=S)NCc2cccc(N3CCCC3=O)c2)c1. The zero-order chi connectivity index (χ0) is 19.9. The van der Waals surface area contributed by atoms with Crippen LogP contribution in [0.25, 0.3) is 0 Å². The van der Waals surface area contributed by atoms with Gasteiger partial charge in [-0.2, -0.15) is 0 Å². The summed E-state index contributed by atoms with van der Waals surface area (Å²) in [6, 6.07) is 14.9. The minimum atomic E-state index is -0.363. The molecule has 3 rings (SSSR count). The Morgan fingerprint density at radius 2 is 2.04 bits per heavy atom. The predicted octanol–water partition coefficient (Wildman–Crippen LogP) is 3.48. The summed E-state index contributed by atoms with van der Waals surface area (Å²) in [6.45, 7) is 3.40. The van der Waals surface area contributed by atoms with Crippen molar-refractivity contribution < 1.29 is 14.3 Å². The summed E-state index contributed by atoms with van der Waals surface area (Å²) in [7, 11) is 0. The van der Waals surface area contributed by atoms with Crippen molar-refractivity contribution in [3.63, 3.8) is 0 Å². The molecule has 0 radical (unpaired) electrons. The molecule has 1 fully saturated rings. The number of esters is 1. The molecular weight excluding hydrogens is 374 g/mol. The highest BCUT2D eigenvalue weighted by molar-refractivity contribution is 7.80. The second-order valence-corrected chi connectivity index (χ2v) is 6.84. The van der Waals surface area contributed by atoms with Crippen molar-refractivity contribution in [2.45, 2.75) is 26.3 Å². The molecule has 1 saturated heterocycles. The number of hydrogen-bond acceptors (Lipinski definition) is 4. The Kier molecular flexibility index (Phi) is 6.60. The van der Waals surface area contributed by atoms with E-state index < -0.39 is 0 Å². The molecule has 1 heterocycles. The topological polar surface area (TPSA) is 70.7 Å². The first-order valence-electron chi connectivity index (χ1n) is 9.28. The number of nitrogens with one attached hydrogen (secondary N) is 2. The maximum Gasteiger partial charge on any atom is 0.338 e. The summed E-state index contributed by atoms with van der Waals surface area (Å²) < 4.78 is 5.01. The van der Waals surface area contributed by atoms with Crippen LogP contribution in [0.4, 0.5) is 11.4 Å². The van der Waals surface area contributed by atoms with Crippen LogP contribution in [0.1, 0.15) is 35.7 Å². The number of amides is 1. The van der Waals surface area contributed by atoms with Crippen LogP contribution >= 0.6 is 12.2 Å². The predicted molar refractivity (Wildman–Crippen MR) is 113 cm³/mol. The number of anilines is 2. The quantitative estimate of drug-likeness (QED) is 0.575. The van der Waals surface area contributed by atoms with Crippen LogP contribution < -0.4 is 15.5 Å². The lowest BCUT2D eigenvalue weighted by atomic mass is 10.2. The van der Waals surface area contributed by atoms with E-state index in [0.717, 1.165) is 24.2 Å². The number of benzene rings is 2. The van der Waals surface area contributed by atoms with Crippen molar-refractivity contribution in [3.05, 3.63) is 59.7 Å². The number of carbonyl (C=O) groups excluding carboxylic acids is 2. The third kappa shape index (κ3) is 5.07. The Morgan fingerprint density at radius 1 is 1.21 bits per heavy atom. The van der Waals surface area contributed by atoms with Crippen molar-refractivity contribution in [3.8, 4) is 0 Å². The number of nitrogens with zero attached hydrogens (tertiary/aromatic N) is 1. The molecule has 146 valence electrons. The Labute approximate surface area is 169 Å². The molecule has 28 heavy (non-hydrogen) atoms. The molecule has 0 unspecified atom stereocenters. The maximum absolute atomic E-state index is 11.9. The van der Waals surface area contributed by atoms with E-state index in [4.69, 9.17) is 17.0 Å². The molecule has 1 aliphatic heterocycles. The molecule has 2 aromatic rings. The van der Waals surface area contributed by atoms with Crippen LogP contribution in [0.3, 0.4) is 0 Å². The normalized spacial score (nSPS) is 13.3. The molecule has 0 aromatic heterocycles. The minimum Gasteiger partial charge on any atom is -0.462 e. The van der Waals surface area contributed by atoms with Crippen molar-refractivity contribution >= 4 is 40.6 Å². The lowest BCUT2D eigenvalue weighted by Crippen LogP contribution is -2.28. The molecule has 0 aliphatic carbocycles. The second-order valence-electron chi connectivity index (χ2n) is 6.43. The first-order valence-corrected chi connectivity index (χ1v) is 9.69. The van der Waals surface area contributed by atoms with Gasteiger partial charge in [0.15, 0.2) is 5.11 Å². The molecule has 0 bridgehead atoms. The first kappa shape index (κ1) is 19.8. The lowest BCUT2D eigenvalue weighted by molar-refractivity contribution is -0.117. The van der Waals surface area contributed by atoms with Crippen molar-refractivity contribution in [1.29, 1.82) is 0 Å². The highest BCUT2D eigenvalue weighted by Gasteiger charge is 2.21. The molecule has 1 amide bonds. The van der Waals surface area contributed by atoms with Gasteiger partial charge in [0, 0.05) is 30.9 Å². The molecule has 0 atom stereocenters. The molecule has 2 N–H and O–H groups in total. The van der Waals surface area contributed by atoms with Gasteiger partial charge in [0.05, 0.1) is 12.2 Å². The second kappa shape index (κ2) is 9.32. The van der Waals surface area contributed by atoms with Crippen LogP contribution in [0.15, 0.2) is 48.5 Å². The summed E-state index contributed by atoms with van der Waals surface area (Å²) >= 11 is 5.35. The van der Waals surface area contributed by atoms with Crippen LogP contribution in [-0.2, 0) is 16.1 Å². The van der Waals surface area contributed by atoms with Gasteiger partial charge in [0.1, 0.15) is 0 Å². The number of rotatable bonds is 6. The van der Waals surface area contributed by atoms with Crippen LogP contribution in [-0.4, -0.2) is 30.1 Å². The highest BCUT2D eigenvalue weighted by Crippen LogP contribution is 2.22. The monoisotopic (exact) mass is 397 g/mol. The average Bonchev–Trinajstić information content (AvgIpc) is 3.13. The van der Waals surface area contributed by atoms with E-state index in [-0.39, 0.29) is 11.9 Å². The molecule has 0 saturated carbocycles. The van der Waals surface area contributed by atoms with E-state index >= 15 is 0 Å². The van der Waals surface area contributed by atoms with Crippen LogP contribution in [0, 0.1) is 0 Å². The van der Waals surface area contributed by atoms with Gasteiger partial charge in [0.2, 0.25) is 5.91 Å². The van der Waals surface area contributed by atoms with Crippen LogP contribution in [0.5, 0.6) is 0 Å².